The van der Waals surface area contributed by atoms with E-state index in [0.29, 0.717) is 24.7 Å². The van der Waals surface area contributed by atoms with Gasteiger partial charge in [0.05, 0.1) is 18.4 Å². The number of rotatable bonds is 5. The van der Waals surface area contributed by atoms with Crippen LogP contribution in [0.5, 0.6) is 0 Å². The Labute approximate surface area is 159 Å². The lowest BCUT2D eigenvalue weighted by atomic mass is 9.84. The van der Waals surface area contributed by atoms with Gasteiger partial charge in [0.15, 0.2) is 5.69 Å². The minimum Gasteiger partial charge on any atom is -0.348 e. The van der Waals surface area contributed by atoms with Crippen molar-refractivity contribution in [3.05, 3.63) is 42.0 Å². The van der Waals surface area contributed by atoms with Crippen molar-refractivity contribution in [1.29, 1.82) is 0 Å². The molecule has 0 bridgehead atoms. The summed E-state index contributed by atoms with van der Waals surface area (Å²) in [6.07, 6.45) is 7.77. The Morgan fingerprint density at radius 1 is 1.28 bits per heavy atom. The molecule has 2 unspecified atom stereocenters. The van der Waals surface area contributed by atoms with Gasteiger partial charge in [0.25, 0.3) is 5.91 Å². The molecule has 0 radical (unpaired) electrons. The molecule has 2 aromatic heterocycles. The third-order valence-corrected chi connectivity index (χ3v) is 4.35. The van der Waals surface area contributed by atoms with Gasteiger partial charge < -0.3 is 11.1 Å². The van der Waals surface area contributed by atoms with Crippen LogP contribution in [-0.2, 0) is 6.54 Å². The molecule has 1 aliphatic carbocycles. The molecule has 3 rings (SSSR count). The summed E-state index contributed by atoms with van der Waals surface area (Å²) in [4.78, 5) is 16.6. The number of halogens is 2. The molecule has 0 aliphatic heterocycles. The van der Waals surface area contributed by atoms with Crippen molar-refractivity contribution < 1.29 is 4.79 Å². The van der Waals surface area contributed by atoms with Gasteiger partial charge in [-0.2, -0.15) is 0 Å². The van der Waals surface area contributed by atoms with Crippen LogP contribution < -0.4 is 11.1 Å². The van der Waals surface area contributed by atoms with Crippen LogP contribution in [0.25, 0.3) is 0 Å². The molecule has 2 atom stereocenters. The number of hydrogen-bond acceptors (Lipinski definition) is 5. The first-order valence-electron chi connectivity index (χ1n) is 8.07. The number of aromatic nitrogens is 4. The number of carbonyl (C=O) groups excluding carboxylic acids is 1. The minimum absolute atomic E-state index is 0. The molecule has 7 nitrogen and oxygen atoms in total. The van der Waals surface area contributed by atoms with Crippen LogP contribution in [0.1, 0.15) is 41.9 Å². The summed E-state index contributed by atoms with van der Waals surface area (Å²) in [6, 6.07) is 5.84. The highest BCUT2D eigenvalue weighted by Gasteiger charge is 2.26. The Morgan fingerprint density at radius 3 is 2.80 bits per heavy atom. The fourth-order valence-electron chi connectivity index (χ4n) is 3.06. The van der Waals surface area contributed by atoms with E-state index in [1.165, 1.54) is 6.42 Å². The number of pyridine rings is 1. The topological polar surface area (TPSA) is 98.7 Å². The van der Waals surface area contributed by atoms with Gasteiger partial charge >= 0.3 is 0 Å². The van der Waals surface area contributed by atoms with Crippen molar-refractivity contribution >= 4 is 30.7 Å². The zero-order valence-corrected chi connectivity index (χ0v) is 15.5. The van der Waals surface area contributed by atoms with E-state index >= 15 is 0 Å². The van der Waals surface area contributed by atoms with Crippen LogP contribution in [0, 0.1) is 5.92 Å². The third kappa shape index (κ3) is 5.66. The largest absolute Gasteiger partial charge is 0.348 e. The Hall–Kier alpha value is -1.70. The zero-order valence-electron chi connectivity index (χ0n) is 13.9. The smallest absolute Gasteiger partial charge is 0.273 e. The van der Waals surface area contributed by atoms with E-state index in [2.05, 4.69) is 20.6 Å². The Balaban J connectivity index is 0.00000156. The highest BCUT2D eigenvalue weighted by Crippen LogP contribution is 2.23. The number of amides is 1. The van der Waals surface area contributed by atoms with E-state index < -0.39 is 0 Å². The highest BCUT2D eigenvalue weighted by atomic mass is 35.5. The van der Waals surface area contributed by atoms with Gasteiger partial charge in [-0.05, 0) is 37.4 Å². The summed E-state index contributed by atoms with van der Waals surface area (Å²) in [5.74, 6) is 0.180. The summed E-state index contributed by atoms with van der Waals surface area (Å²) < 4.78 is 1.62. The number of nitrogens with zero attached hydrogens (tertiary/aromatic N) is 4. The maximum Gasteiger partial charge on any atom is 0.273 e. The van der Waals surface area contributed by atoms with Gasteiger partial charge in [0.2, 0.25) is 0 Å². The first-order chi connectivity index (χ1) is 11.3. The highest BCUT2D eigenvalue weighted by molar-refractivity contribution is 5.92. The molecule has 2 heterocycles. The molecule has 1 saturated carbocycles. The molecule has 0 aromatic carbocycles. The molecule has 1 aliphatic rings. The molecule has 25 heavy (non-hydrogen) atoms. The van der Waals surface area contributed by atoms with Crippen molar-refractivity contribution in [2.75, 3.05) is 6.54 Å². The maximum absolute atomic E-state index is 12.4. The fourth-order valence-corrected chi connectivity index (χ4v) is 3.06. The normalized spacial score (nSPS) is 19.4. The molecule has 3 N–H and O–H groups in total. The van der Waals surface area contributed by atoms with Gasteiger partial charge in [-0.25, -0.2) is 4.68 Å². The molecule has 0 spiro atoms. The quantitative estimate of drug-likeness (QED) is 0.815. The average molecular weight is 387 g/mol. The SMILES string of the molecule is Cl.Cl.NCC1CCCCC1NC(=O)c1cn(Cc2ccccn2)nn1. The van der Waals surface area contributed by atoms with Crippen molar-refractivity contribution in [1.82, 2.24) is 25.3 Å². The monoisotopic (exact) mass is 386 g/mol. The van der Waals surface area contributed by atoms with Gasteiger partial charge in [-0.15, -0.1) is 29.9 Å². The standard InChI is InChI=1S/C16H22N6O.2ClH/c17-9-12-5-1-2-7-14(12)19-16(23)15-11-22(21-20-15)10-13-6-3-4-8-18-13;;/h3-4,6,8,11-12,14H,1-2,5,7,9-10,17H2,(H,19,23);2*1H. The van der Waals surface area contributed by atoms with E-state index in [1.807, 2.05) is 18.2 Å². The third-order valence-electron chi connectivity index (χ3n) is 4.35. The van der Waals surface area contributed by atoms with Crippen LogP contribution in [0.15, 0.2) is 30.6 Å². The Kier molecular flexibility index (Phi) is 8.82. The lowest BCUT2D eigenvalue weighted by Crippen LogP contribution is -2.44. The lowest BCUT2D eigenvalue weighted by molar-refractivity contribution is 0.0903. The van der Waals surface area contributed by atoms with Gasteiger partial charge in [-0.1, -0.05) is 24.1 Å². The predicted octanol–water partition coefficient (Wildman–Crippen LogP) is 1.81. The van der Waals surface area contributed by atoms with Crippen molar-refractivity contribution in [2.24, 2.45) is 11.7 Å². The molecule has 1 amide bonds. The average Bonchev–Trinajstić information content (AvgIpc) is 3.05. The van der Waals surface area contributed by atoms with Crippen LogP contribution in [-0.4, -0.2) is 38.5 Å². The Morgan fingerprint density at radius 2 is 2.08 bits per heavy atom. The predicted molar refractivity (Wildman–Crippen MR) is 100 cm³/mol. The molecule has 0 saturated heterocycles. The molecule has 138 valence electrons. The summed E-state index contributed by atoms with van der Waals surface area (Å²) in [5.41, 5.74) is 7.02. The van der Waals surface area contributed by atoms with E-state index in [9.17, 15) is 4.79 Å². The van der Waals surface area contributed by atoms with Crippen LogP contribution >= 0.6 is 24.8 Å². The summed E-state index contributed by atoms with van der Waals surface area (Å²) in [6.45, 7) is 1.10. The van der Waals surface area contributed by atoms with Gasteiger partial charge in [0, 0.05) is 12.2 Å². The van der Waals surface area contributed by atoms with Gasteiger partial charge in [0.1, 0.15) is 0 Å². The van der Waals surface area contributed by atoms with Crippen molar-refractivity contribution in [3.63, 3.8) is 0 Å². The zero-order chi connectivity index (χ0) is 16.1. The summed E-state index contributed by atoms with van der Waals surface area (Å²) >= 11 is 0. The molecule has 1 fully saturated rings. The number of hydrogen-bond donors (Lipinski definition) is 2. The van der Waals surface area contributed by atoms with E-state index in [0.717, 1.165) is 25.0 Å². The van der Waals surface area contributed by atoms with E-state index in [4.69, 9.17) is 5.73 Å². The van der Waals surface area contributed by atoms with Crippen LogP contribution in [0.2, 0.25) is 0 Å². The van der Waals surface area contributed by atoms with Crippen LogP contribution in [0.4, 0.5) is 0 Å². The summed E-state index contributed by atoms with van der Waals surface area (Å²) in [5, 5.41) is 11.0. The molecular weight excluding hydrogens is 363 g/mol. The van der Waals surface area contributed by atoms with Crippen LogP contribution in [0.3, 0.4) is 0 Å². The second kappa shape index (κ2) is 10.3. The van der Waals surface area contributed by atoms with Crippen molar-refractivity contribution in [3.8, 4) is 0 Å². The van der Waals surface area contributed by atoms with Crippen molar-refractivity contribution in [2.45, 2.75) is 38.3 Å². The lowest BCUT2D eigenvalue weighted by Gasteiger charge is -2.30. The summed E-state index contributed by atoms with van der Waals surface area (Å²) in [7, 11) is 0. The fraction of sp³-hybridized carbons (Fsp3) is 0.500. The Bertz CT molecular complexity index is 651. The minimum atomic E-state index is -0.178. The second-order valence-corrected chi connectivity index (χ2v) is 5.98. The number of carbonyl (C=O) groups is 1. The first kappa shape index (κ1) is 21.3. The van der Waals surface area contributed by atoms with E-state index in [-0.39, 0.29) is 36.8 Å². The molecule has 9 heteroatoms. The number of nitrogens with two attached hydrogens (primary N) is 1. The molecular formula is C16H24Cl2N6O. The van der Waals surface area contributed by atoms with E-state index in [1.54, 1.807) is 17.1 Å². The maximum atomic E-state index is 12.4. The first-order valence-corrected chi connectivity index (χ1v) is 8.07. The second-order valence-electron chi connectivity index (χ2n) is 5.98. The molecule has 2 aromatic rings. The van der Waals surface area contributed by atoms with Gasteiger partial charge in [-0.3, -0.25) is 9.78 Å². The number of nitrogens with one attached hydrogen (secondary N) is 1.